The smallest absolute Gasteiger partial charge is 0.228 e. The number of pyridine rings is 1. The molecule has 0 amide bonds. The van der Waals surface area contributed by atoms with E-state index in [1.807, 2.05) is 54.3 Å². The molecule has 0 radical (unpaired) electrons. The van der Waals surface area contributed by atoms with E-state index in [1.165, 1.54) is 0 Å². The Hall–Kier alpha value is -3.49. The van der Waals surface area contributed by atoms with Crippen molar-refractivity contribution in [1.29, 1.82) is 0 Å². The molecular formula is C26H32N6O2. The predicted octanol–water partition coefficient (Wildman–Crippen LogP) is 4.03. The molecular weight excluding hydrogens is 428 g/mol. The lowest BCUT2D eigenvalue weighted by molar-refractivity contribution is 0.222. The van der Waals surface area contributed by atoms with Crippen LogP contribution in [0.4, 0.5) is 17.5 Å². The topological polar surface area (TPSA) is 86.6 Å². The summed E-state index contributed by atoms with van der Waals surface area (Å²) in [6, 6.07) is 11.8. The van der Waals surface area contributed by atoms with Crippen LogP contribution in [0.3, 0.4) is 0 Å². The lowest BCUT2D eigenvalue weighted by atomic mass is 9.96. The van der Waals surface area contributed by atoms with Crippen molar-refractivity contribution >= 4 is 29.1 Å². The molecule has 1 unspecified atom stereocenters. The van der Waals surface area contributed by atoms with E-state index in [0.717, 1.165) is 42.0 Å². The Labute approximate surface area is 201 Å². The molecule has 1 atom stereocenters. The molecule has 2 aromatic heterocycles. The summed E-state index contributed by atoms with van der Waals surface area (Å²) in [4.78, 5) is 17.5. The molecule has 0 aliphatic carbocycles. The van der Waals surface area contributed by atoms with Crippen LogP contribution in [0.1, 0.15) is 31.9 Å². The van der Waals surface area contributed by atoms with Gasteiger partial charge in [-0.2, -0.15) is 0 Å². The summed E-state index contributed by atoms with van der Waals surface area (Å²) in [5, 5.41) is 14.2. The monoisotopic (exact) mass is 460 g/mol. The van der Waals surface area contributed by atoms with Crippen molar-refractivity contribution in [2.75, 3.05) is 43.0 Å². The van der Waals surface area contributed by atoms with Gasteiger partial charge in [0.15, 0.2) is 12.0 Å². The summed E-state index contributed by atoms with van der Waals surface area (Å²) in [7, 11) is 0. The number of ether oxygens (including phenoxy) is 1. The maximum Gasteiger partial charge on any atom is 0.228 e. The van der Waals surface area contributed by atoms with E-state index in [0.29, 0.717) is 30.7 Å². The van der Waals surface area contributed by atoms with Crippen LogP contribution in [0.5, 0.6) is 5.75 Å². The lowest BCUT2D eigenvalue weighted by Crippen LogP contribution is -2.38. The fourth-order valence-corrected chi connectivity index (χ4v) is 4.03. The van der Waals surface area contributed by atoms with Crippen molar-refractivity contribution in [2.45, 2.75) is 27.0 Å². The van der Waals surface area contributed by atoms with E-state index in [1.54, 1.807) is 18.6 Å². The first-order valence-corrected chi connectivity index (χ1v) is 11.8. The van der Waals surface area contributed by atoms with Crippen molar-refractivity contribution < 1.29 is 9.84 Å². The highest BCUT2D eigenvalue weighted by Gasteiger charge is 2.27. The highest BCUT2D eigenvalue weighted by atomic mass is 16.5. The molecule has 8 nitrogen and oxygen atoms in total. The van der Waals surface area contributed by atoms with Crippen molar-refractivity contribution in [3.05, 3.63) is 66.1 Å². The molecule has 3 aromatic rings. The first kappa shape index (κ1) is 23.7. The molecule has 178 valence electrons. The van der Waals surface area contributed by atoms with Gasteiger partial charge in [0.2, 0.25) is 5.95 Å². The second-order valence-electron chi connectivity index (χ2n) is 8.00. The fraction of sp³-hybridized carbons (Fsp3) is 0.346. The number of aliphatic hydroxyl groups excluding tert-OH is 1. The number of nitrogens with zero attached hydrogens (tertiary/aromatic N) is 5. The van der Waals surface area contributed by atoms with Gasteiger partial charge in [0, 0.05) is 36.5 Å². The molecule has 0 saturated carbocycles. The van der Waals surface area contributed by atoms with E-state index in [2.05, 4.69) is 39.0 Å². The summed E-state index contributed by atoms with van der Waals surface area (Å²) >= 11 is 0. The summed E-state index contributed by atoms with van der Waals surface area (Å²) in [5.41, 5.74) is 3.71. The van der Waals surface area contributed by atoms with Gasteiger partial charge in [-0.1, -0.05) is 44.2 Å². The molecule has 0 spiro atoms. The second kappa shape index (κ2) is 11.1. The maximum atomic E-state index is 11.1. The summed E-state index contributed by atoms with van der Waals surface area (Å²) in [6.45, 7) is 10.4. The molecule has 0 bridgehead atoms. The van der Waals surface area contributed by atoms with Crippen LogP contribution in [-0.4, -0.2) is 64.0 Å². The number of benzene rings is 1. The number of anilines is 3. The van der Waals surface area contributed by atoms with Gasteiger partial charge in [-0.3, -0.25) is 0 Å². The van der Waals surface area contributed by atoms with Gasteiger partial charge >= 0.3 is 0 Å². The summed E-state index contributed by atoms with van der Waals surface area (Å²) in [5.74, 6) is 1.68. The van der Waals surface area contributed by atoms with Gasteiger partial charge in [-0.05, 0) is 31.7 Å². The Morgan fingerprint density at radius 2 is 1.76 bits per heavy atom. The highest BCUT2D eigenvalue weighted by Crippen LogP contribution is 2.37. The van der Waals surface area contributed by atoms with E-state index >= 15 is 0 Å². The van der Waals surface area contributed by atoms with Crippen LogP contribution < -0.4 is 15.0 Å². The molecule has 4 rings (SSSR count). The Kier molecular flexibility index (Phi) is 7.72. The molecule has 0 saturated heterocycles. The molecule has 1 aromatic carbocycles. The second-order valence-corrected chi connectivity index (χ2v) is 8.00. The number of nitrogens with one attached hydrogen (secondary N) is 1. The van der Waals surface area contributed by atoms with Gasteiger partial charge in [-0.15, -0.1) is 0 Å². The zero-order valence-electron chi connectivity index (χ0n) is 20.0. The molecule has 0 fully saturated rings. The molecule has 1 aliphatic heterocycles. The number of hydrogen-bond donors (Lipinski definition) is 2. The number of hydrogen-bond acceptors (Lipinski definition) is 8. The van der Waals surface area contributed by atoms with Crippen molar-refractivity contribution in [1.82, 2.24) is 19.9 Å². The van der Waals surface area contributed by atoms with Gasteiger partial charge in [0.25, 0.3) is 0 Å². The van der Waals surface area contributed by atoms with E-state index in [-0.39, 0.29) is 0 Å². The number of rotatable bonds is 10. The normalized spacial score (nSPS) is 15.1. The summed E-state index contributed by atoms with van der Waals surface area (Å²) in [6.07, 6.45) is 6.39. The number of likely N-dealkylation sites (N-methyl/N-ethyl adjacent to an activating group) is 2. The minimum absolute atomic E-state index is 0.434. The predicted molar refractivity (Wildman–Crippen MR) is 136 cm³/mol. The zero-order chi connectivity index (χ0) is 23.9. The fourth-order valence-electron chi connectivity index (χ4n) is 4.03. The number of aliphatic hydroxyl groups is 1. The van der Waals surface area contributed by atoms with E-state index in [9.17, 15) is 5.11 Å². The van der Waals surface area contributed by atoms with Gasteiger partial charge in [0.05, 0.1) is 18.1 Å². The average molecular weight is 461 g/mol. The molecule has 34 heavy (non-hydrogen) atoms. The molecule has 8 heteroatoms. The minimum Gasteiger partial charge on any atom is -0.489 e. The standard InChI is InChI=1S/C26H32N6O2/c1-4-31(5-2)12-13-34-21-17-28-26(29-18-21)30-24-15-23-20(16-27-24)14-22(25(33)32(23)6-3)19-10-8-7-9-11-19/h7-11,14-18,25,33H,4-6,12-13H2,1-3H3,(H,27,28,29,30). The van der Waals surface area contributed by atoms with E-state index < -0.39 is 6.23 Å². The quantitative estimate of drug-likeness (QED) is 0.469. The Bertz CT molecular complexity index is 1100. The van der Waals surface area contributed by atoms with Crippen molar-refractivity contribution in [3.8, 4) is 5.75 Å². The van der Waals surface area contributed by atoms with Crippen molar-refractivity contribution in [3.63, 3.8) is 0 Å². The average Bonchev–Trinajstić information content (AvgIpc) is 2.88. The van der Waals surface area contributed by atoms with Crippen LogP contribution in [0.2, 0.25) is 0 Å². The third-order valence-corrected chi connectivity index (χ3v) is 5.99. The number of fused-ring (bicyclic) bond motifs is 1. The van der Waals surface area contributed by atoms with Crippen molar-refractivity contribution in [2.24, 2.45) is 0 Å². The largest absolute Gasteiger partial charge is 0.489 e. The third kappa shape index (κ3) is 5.35. The molecule has 2 N–H and O–H groups in total. The number of aromatic nitrogens is 3. The Morgan fingerprint density at radius 3 is 2.44 bits per heavy atom. The third-order valence-electron chi connectivity index (χ3n) is 5.99. The van der Waals surface area contributed by atoms with Gasteiger partial charge in [0.1, 0.15) is 12.4 Å². The highest BCUT2D eigenvalue weighted by molar-refractivity contribution is 5.92. The molecule has 1 aliphatic rings. The van der Waals surface area contributed by atoms with E-state index in [4.69, 9.17) is 4.74 Å². The zero-order valence-corrected chi connectivity index (χ0v) is 20.0. The molecule has 3 heterocycles. The van der Waals surface area contributed by atoms with Gasteiger partial charge < -0.3 is 25.0 Å². The first-order valence-electron chi connectivity index (χ1n) is 11.8. The SMILES string of the molecule is CCN(CC)CCOc1cnc(Nc2cc3c(cn2)C=C(c2ccccc2)C(O)N3CC)nc1. The minimum atomic E-state index is -0.737. The van der Waals surface area contributed by atoms with Gasteiger partial charge in [-0.25, -0.2) is 15.0 Å². The Morgan fingerprint density at radius 1 is 1.03 bits per heavy atom. The van der Waals surface area contributed by atoms with Crippen LogP contribution >= 0.6 is 0 Å². The maximum absolute atomic E-state index is 11.1. The Balaban J connectivity index is 1.47. The van der Waals surface area contributed by atoms with Crippen LogP contribution in [0.25, 0.3) is 11.6 Å². The van der Waals surface area contributed by atoms with Crippen LogP contribution in [0.15, 0.2) is 55.0 Å². The van der Waals surface area contributed by atoms with Crippen LogP contribution in [-0.2, 0) is 0 Å². The van der Waals surface area contributed by atoms with Crippen LogP contribution in [0, 0.1) is 0 Å². The summed E-state index contributed by atoms with van der Waals surface area (Å²) < 4.78 is 5.76. The lowest BCUT2D eigenvalue weighted by Gasteiger charge is -2.35. The first-order chi connectivity index (χ1) is 16.6.